The molecule has 134 valence electrons. The van der Waals surface area contributed by atoms with Crippen LogP contribution in [0.15, 0.2) is 53.4 Å². The standard InChI is InChI=1S/C18H21FN2O3S/c1-4-20-25(23,24)17-11-7-15(8-12-17)18(22)21(3)13(2)14-5-9-16(19)10-6-14/h5-13,20H,4H2,1-3H3. The highest BCUT2D eigenvalue weighted by molar-refractivity contribution is 7.89. The van der Waals surface area contributed by atoms with E-state index in [0.717, 1.165) is 5.56 Å². The van der Waals surface area contributed by atoms with Crippen molar-refractivity contribution in [2.45, 2.75) is 24.8 Å². The predicted octanol–water partition coefficient (Wildman–Crippen LogP) is 2.96. The number of carbonyl (C=O) groups excluding carboxylic acids is 1. The van der Waals surface area contributed by atoms with Gasteiger partial charge in [0, 0.05) is 19.2 Å². The predicted molar refractivity (Wildman–Crippen MR) is 94.2 cm³/mol. The number of carbonyl (C=O) groups is 1. The number of hydrogen-bond acceptors (Lipinski definition) is 3. The number of nitrogens with one attached hydrogen (secondary N) is 1. The molecular formula is C18H21FN2O3S. The lowest BCUT2D eigenvalue weighted by Gasteiger charge is -2.25. The quantitative estimate of drug-likeness (QED) is 0.857. The van der Waals surface area contributed by atoms with Crippen LogP contribution in [-0.2, 0) is 10.0 Å². The van der Waals surface area contributed by atoms with Crippen molar-refractivity contribution in [2.75, 3.05) is 13.6 Å². The molecule has 7 heteroatoms. The molecule has 1 unspecified atom stereocenters. The van der Waals surface area contributed by atoms with Crippen LogP contribution in [0.4, 0.5) is 4.39 Å². The summed E-state index contributed by atoms with van der Waals surface area (Å²) >= 11 is 0. The summed E-state index contributed by atoms with van der Waals surface area (Å²) in [5.74, 6) is -0.577. The molecule has 0 spiro atoms. The number of rotatable bonds is 6. The molecule has 1 atom stereocenters. The largest absolute Gasteiger partial charge is 0.335 e. The Balaban J connectivity index is 2.18. The smallest absolute Gasteiger partial charge is 0.254 e. The van der Waals surface area contributed by atoms with Gasteiger partial charge in [-0.25, -0.2) is 17.5 Å². The molecule has 2 aromatic rings. The highest BCUT2D eigenvalue weighted by Gasteiger charge is 2.20. The van der Waals surface area contributed by atoms with Crippen LogP contribution in [0, 0.1) is 5.82 Å². The van der Waals surface area contributed by atoms with Crippen molar-refractivity contribution < 1.29 is 17.6 Å². The first-order chi connectivity index (χ1) is 11.8. The summed E-state index contributed by atoms with van der Waals surface area (Å²) in [4.78, 5) is 14.2. The van der Waals surface area contributed by atoms with Gasteiger partial charge < -0.3 is 4.90 Å². The minimum Gasteiger partial charge on any atom is -0.335 e. The molecule has 0 bridgehead atoms. The second-order valence-electron chi connectivity index (χ2n) is 5.67. The molecule has 2 aromatic carbocycles. The Labute approximate surface area is 147 Å². The van der Waals surface area contributed by atoms with Crippen LogP contribution >= 0.6 is 0 Å². The maximum atomic E-state index is 13.0. The van der Waals surface area contributed by atoms with Crippen LogP contribution in [0.2, 0.25) is 0 Å². The summed E-state index contributed by atoms with van der Waals surface area (Å²) in [5, 5.41) is 0. The monoisotopic (exact) mass is 364 g/mol. The Morgan fingerprint density at radius 3 is 2.20 bits per heavy atom. The van der Waals surface area contributed by atoms with Crippen molar-refractivity contribution in [3.05, 3.63) is 65.5 Å². The summed E-state index contributed by atoms with van der Waals surface area (Å²) in [6.07, 6.45) is 0. The first-order valence-electron chi connectivity index (χ1n) is 7.88. The molecule has 0 aliphatic heterocycles. The van der Waals surface area contributed by atoms with Crippen molar-refractivity contribution in [1.82, 2.24) is 9.62 Å². The third kappa shape index (κ3) is 4.43. The molecule has 0 heterocycles. The van der Waals surface area contributed by atoms with E-state index in [9.17, 15) is 17.6 Å². The van der Waals surface area contributed by atoms with Gasteiger partial charge in [0.25, 0.3) is 5.91 Å². The third-order valence-corrected chi connectivity index (χ3v) is 5.56. The van der Waals surface area contributed by atoms with Crippen LogP contribution in [0.5, 0.6) is 0 Å². The fraction of sp³-hybridized carbons (Fsp3) is 0.278. The molecule has 2 rings (SSSR count). The van der Waals surface area contributed by atoms with E-state index in [2.05, 4.69) is 4.72 Å². The molecule has 0 saturated carbocycles. The maximum Gasteiger partial charge on any atom is 0.254 e. The van der Waals surface area contributed by atoms with Gasteiger partial charge in [-0.2, -0.15) is 0 Å². The van der Waals surface area contributed by atoms with Crippen molar-refractivity contribution in [2.24, 2.45) is 0 Å². The third-order valence-electron chi connectivity index (χ3n) is 4.00. The number of sulfonamides is 1. The van der Waals surface area contributed by atoms with Crippen LogP contribution in [0.25, 0.3) is 0 Å². The maximum absolute atomic E-state index is 13.0. The zero-order chi connectivity index (χ0) is 18.6. The van der Waals surface area contributed by atoms with Gasteiger partial charge in [-0.1, -0.05) is 19.1 Å². The van der Waals surface area contributed by atoms with Gasteiger partial charge in [0.2, 0.25) is 10.0 Å². The number of benzene rings is 2. The highest BCUT2D eigenvalue weighted by atomic mass is 32.2. The Morgan fingerprint density at radius 2 is 1.68 bits per heavy atom. The molecule has 0 aromatic heterocycles. The molecule has 0 radical (unpaired) electrons. The summed E-state index contributed by atoms with van der Waals surface area (Å²) < 4.78 is 39.3. The summed E-state index contributed by atoms with van der Waals surface area (Å²) in [5.41, 5.74) is 1.19. The van der Waals surface area contributed by atoms with Crippen LogP contribution in [0.1, 0.15) is 35.8 Å². The number of amides is 1. The average Bonchev–Trinajstić information content (AvgIpc) is 2.60. The minimum absolute atomic E-state index is 0.111. The second kappa shape index (κ2) is 7.76. The highest BCUT2D eigenvalue weighted by Crippen LogP contribution is 2.21. The Morgan fingerprint density at radius 1 is 1.12 bits per heavy atom. The van der Waals surface area contributed by atoms with E-state index < -0.39 is 10.0 Å². The van der Waals surface area contributed by atoms with Gasteiger partial charge in [-0.15, -0.1) is 0 Å². The lowest BCUT2D eigenvalue weighted by molar-refractivity contribution is 0.0742. The Kier molecular flexibility index (Phi) is 5.92. The van der Waals surface area contributed by atoms with Crippen molar-refractivity contribution in [3.63, 3.8) is 0 Å². The van der Waals surface area contributed by atoms with Gasteiger partial charge in [-0.3, -0.25) is 4.79 Å². The normalized spacial score (nSPS) is 12.6. The summed E-state index contributed by atoms with van der Waals surface area (Å²) in [6, 6.07) is 11.5. The summed E-state index contributed by atoms with van der Waals surface area (Å²) in [6.45, 7) is 3.83. The van der Waals surface area contributed by atoms with E-state index in [1.165, 1.54) is 41.3 Å². The fourth-order valence-electron chi connectivity index (χ4n) is 2.39. The topological polar surface area (TPSA) is 66.5 Å². The van der Waals surface area contributed by atoms with Gasteiger partial charge in [-0.05, 0) is 48.9 Å². The summed E-state index contributed by atoms with van der Waals surface area (Å²) in [7, 11) is -1.89. The zero-order valence-electron chi connectivity index (χ0n) is 14.4. The van der Waals surface area contributed by atoms with E-state index in [1.54, 1.807) is 26.1 Å². The minimum atomic E-state index is -3.55. The van der Waals surface area contributed by atoms with Crippen molar-refractivity contribution in [1.29, 1.82) is 0 Å². The van der Waals surface area contributed by atoms with Gasteiger partial charge in [0.1, 0.15) is 5.82 Å². The zero-order valence-corrected chi connectivity index (χ0v) is 15.2. The second-order valence-corrected chi connectivity index (χ2v) is 7.44. The first kappa shape index (κ1) is 19.1. The molecule has 25 heavy (non-hydrogen) atoms. The molecule has 0 aliphatic rings. The Hall–Kier alpha value is -2.25. The van der Waals surface area contributed by atoms with Crippen molar-refractivity contribution >= 4 is 15.9 Å². The average molecular weight is 364 g/mol. The molecule has 0 fully saturated rings. The van der Waals surface area contributed by atoms with Gasteiger partial charge >= 0.3 is 0 Å². The number of nitrogens with zero attached hydrogens (tertiary/aromatic N) is 1. The van der Waals surface area contributed by atoms with E-state index in [-0.39, 0.29) is 22.7 Å². The number of hydrogen-bond donors (Lipinski definition) is 1. The number of halogens is 1. The SMILES string of the molecule is CCNS(=O)(=O)c1ccc(C(=O)N(C)C(C)c2ccc(F)cc2)cc1. The molecule has 0 saturated heterocycles. The van der Waals surface area contributed by atoms with Crippen LogP contribution in [-0.4, -0.2) is 32.8 Å². The van der Waals surface area contributed by atoms with Crippen LogP contribution in [0.3, 0.4) is 0 Å². The van der Waals surface area contributed by atoms with Gasteiger partial charge in [0.05, 0.1) is 10.9 Å². The Bertz CT molecular complexity index is 834. The van der Waals surface area contributed by atoms with Gasteiger partial charge in [0.15, 0.2) is 0 Å². The van der Waals surface area contributed by atoms with E-state index >= 15 is 0 Å². The van der Waals surface area contributed by atoms with E-state index in [1.807, 2.05) is 6.92 Å². The van der Waals surface area contributed by atoms with E-state index in [0.29, 0.717) is 12.1 Å². The van der Waals surface area contributed by atoms with E-state index in [4.69, 9.17) is 0 Å². The molecular weight excluding hydrogens is 343 g/mol. The van der Waals surface area contributed by atoms with Crippen LogP contribution < -0.4 is 4.72 Å². The van der Waals surface area contributed by atoms with Crippen molar-refractivity contribution in [3.8, 4) is 0 Å². The lowest BCUT2D eigenvalue weighted by atomic mass is 10.1. The molecule has 1 amide bonds. The lowest BCUT2D eigenvalue weighted by Crippen LogP contribution is -2.29. The molecule has 0 aliphatic carbocycles. The molecule has 5 nitrogen and oxygen atoms in total. The first-order valence-corrected chi connectivity index (χ1v) is 9.37. The fourth-order valence-corrected chi connectivity index (χ4v) is 3.44. The molecule has 1 N–H and O–H groups in total.